The highest BCUT2D eigenvalue weighted by Gasteiger charge is 2.35. The molecule has 108 valence electrons. The Labute approximate surface area is 118 Å². The summed E-state index contributed by atoms with van der Waals surface area (Å²) in [7, 11) is 1.72. The Morgan fingerprint density at radius 1 is 1.35 bits per heavy atom. The lowest BCUT2D eigenvalue weighted by molar-refractivity contribution is -0.141. The number of nitrogens with zero attached hydrogens (tertiary/aromatic N) is 2. The van der Waals surface area contributed by atoms with E-state index in [2.05, 4.69) is 0 Å². The fourth-order valence-corrected chi connectivity index (χ4v) is 2.51. The number of likely N-dealkylation sites (tertiary alicyclic amines) is 1. The van der Waals surface area contributed by atoms with Crippen LogP contribution in [-0.4, -0.2) is 53.1 Å². The fraction of sp³-hybridized carbons (Fsp3) is 0.467. The van der Waals surface area contributed by atoms with Gasteiger partial charge in [-0.1, -0.05) is 30.3 Å². The van der Waals surface area contributed by atoms with Crippen LogP contribution < -0.4 is 0 Å². The van der Waals surface area contributed by atoms with E-state index in [1.165, 1.54) is 10.5 Å². The zero-order valence-electron chi connectivity index (χ0n) is 11.7. The topological polar surface area (TPSA) is 60.9 Å². The third kappa shape index (κ3) is 3.29. The Bertz CT molecular complexity index is 475. The summed E-state index contributed by atoms with van der Waals surface area (Å²) in [6, 6.07) is 9.09. The van der Waals surface area contributed by atoms with E-state index in [1.807, 2.05) is 30.3 Å². The molecule has 0 spiro atoms. The monoisotopic (exact) mass is 276 g/mol. The maximum Gasteiger partial charge on any atom is 0.326 e. The Morgan fingerprint density at radius 3 is 2.70 bits per heavy atom. The summed E-state index contributed by atoms with van der Waals surface area (Å²) >= 11 is 0. The minimum absolute atomic E-state index is 0.189. The summed E-state index contributed by atoms with van der Waals surface area (Å²) in [5.74, 6) is -0.910. The molecule has 5 nitrogen and oxygen atoms in total. The number of likely N-dealkylation sites (N-methyl/N-ethyl adjacent to an activating group) is 1. The molecule has 1 aromatic carbocycles. The van der Waals surface area contributed by atoms with Gasteiger partial charge in [-0.3, -0.25) is 0 Å². The predicted octanol–water partition coefficient (Wildman–Crippen LogP) is 1.83. The van der Waals surface area contributed by atoms with Gasteiger partial charge in [0.25, 0.3) is 0 Å². The van der Waals surface area contributed by atoms with Gasteiger partial charge in [-0.15, -0.1) is 0 Å². The Kier molecular flexibility index (Phi) is 4.61. The average molecular weight is 276 g/mol. The molecule has 1 aromatic rings. The molecule has 0 bridgehead atoms. The highest BCUT2D eigenvalue weighted by molar-refractivity contribution is 5.83. The van der Waals surface area contributed by atoms with Crippen molar-refractivity contribution in [3.63, 3.8) is 0 Å². The van der Waals surface area contributed by atoms with Crippen molar-refractivity contribution in [1.82, 2.24) is 9.80 Å². The molecule has 2 rings (SSSR count). The van der Waals surface area contributed by atoms with Crippen molar-refractivity contribution in [2.45, 2.75) is 25.3 Å². The molecule has 1 aliphatic rings. The lowest BCUT2D eigenvalue weighted by Crippen LogP contribution is -2.47. The maximum absolute atomic E-state index is 12.3. The Morgan fingerprint density at radius 2 is 2.05 bits per heavy atom. The molecule has 1 saturated heterocycles. The van der Waals surface area contributed by atoms with Crippen molar-refractivity contribution in [3.05, 3.63) is 35.9 Å². The molecule has 0 aliphatic carbocycles. The predicted molar refractivity (Wildman–Crippen MR) is 75.5 cm³/mol. The second-order valence-corrected chi connectivity index (χ2v) is 5.13. The van der Waals surface area contributed by atoms with Gasteiger partial charge in [0.1, 0.15) is 6.04 Å². The maximum atomic E-state index is 12.3. The number of amides is 2. The summed E-state index contributed by atoms with van der Waals surface area (Å²) in [4.78, 5) is 26.4. The number of rotatable bonds is 4. The van der Waals surface area contributed by atoms with Crippen LogP contribution in [-0.2, 0) is 11.2 Å². The number of urea groups is 1. The minimum Gasteiger partial charge on any atom is -0.480 e. The molecule has 1 fully saturated rings. The number of hydrogen-bond donors (Lipinski definition) is 1. The SMILES string of the molecule is CN(CCc1ccccc1)C(=O)N1CCC[C@H]1C(=O)O. The minimum atomic E-state index is -0.910. The standard InChI is InChI=1S/C15H20N2O3/c1-16(11-9-12-6-3-2-4-7-12)15(20)17-10-5-8-13(17)14(18)19/h2-4,6-7,13H,5,8-11H2,1H3,(H,18,19)/t13-/m0/s1. The van der Waals surface area contributed by atoms with E-state index in [9.17, 15) is 9.59 Å². The first-order chi connectivity index (χ1) is 9.59. The molecular weight excluding hydrogens is 256 g/mol. The largest absolute Gasteiger partial charge is 0.480 e. The van der Waals surface area contributed by atoms with E-state index in [1.54, 1.807) is 11.9 Å². The third-order valence-electron chi connectivity index (χ3n) is 3.69. The first-order valence-corrected chi connectivity index (χ1v) is 6.88. The molecule has 0 saturated carbocycles. The zero-order chi connectivity index (χ0) is 14.5. The number of hydrogen-bond acceptors (Lipinski definition) is 2. The van der Waals surface area contributed by atoms with Crippen molar-refractivity contribution in [2.24, 2.45) is 0 Å². The molecule has 5 heteroatoms. The lowest BCUT2D eigenvalue weighted by Gasteiger charge is -2.27. The van der Waals surface area contributed by atoms with Gasteiger partial charge in [0.05, 0.1) is 0 Å². The normalized spacial score (nSPS) is 18.1. The van der Waals surface area contributed by atoms with E-state index >= 15 is 0 Å². The summed E-state index contributed by atoms with van der Waals surface area (Å²) in [5.41, 5.74) is 1.17. The molecule has 1 heterocycles. The van der Waals surface area contributed by atoms with Gasteiger partial charge >= 0.3 is 12.0 Å². The van der Waals surface area contributed by atoms with Crippen LogP contribution in [0.25, 0.3) is 0 Å². The summed E-state index contributed by atoms with van der Waals surface area (Å²) in [5, 5.41) is 9.11. The van der Waals surface area contributed by atoms with Gasteiger partial charge in [0, 0.05) is 20.1 Å². The smallest absolute Gasteiger partial charge is 0.326 e. The molecule has 2 amide bonds. The molecular formula is C15H20N2O3. The molecule has 1 atom stereocenters. The van der Waals surface area contributed by atoms with E-state index in [0.717, 1.165) is 12.8 Å². The van der Waals surface area contributed by atoms with Crippen LogP contribution in [0.1, 0.15) is 18.4 Å². The zero-order valence-corrected chi connectivity index (χ0v) is 11.7. The van der Waals surface area contributed by atoms with Gasteiger partial charge in [0.15, 0.2) is 0 Å². The lowest BCUT2D eigenvalue weighted by atomic mass is 10.1. The van der Waals surface area contributed by atoms with Crippen molar-refractivity contribution in [2.75, 3.05) is 20.1 Å². The van der Waals surface area contributed by atoms with Crippen LogP contribution in [0, 0.1) is 0 Å². The number of carboxylic acids is 1. The second-order valence-electron chi connectivity index (χ2n) is 5.13. The van der Waals surface area contributed by atoms with Crippen molar-refractivity contribution < 1.29 is 14.7 Å². The van der Waals surface area contributed by atoms with E-state index in [0.29, 0.717) is 19.5 Å². The summed E-state index contributed by atoms with van der Waals surface area (Å²) < 4.78 is 0. The van der Waals surface area contributed by atoms with Crippen LogP contribution in [0.4, 0.5) is 4.79 Å². The van der Waals surface area contributed by atoms with Gasteiger partial charge in [0.2, 0.25) is 0 Å². The molecule has 1 N–H and O–H groups in total. The van der Waals surface area contributed by atoms with Crippen LogP contribution in [0.5, 0.6) is 0 Å². The molecule has 0 unspecified atom stereocenters. The van der Waals surface area contributed by atoms with Crippen LogP contribution >= 0.6 is 0 Å². The first-order valence-electron chi connectivity index (χ1n) is 6.88. The van der Waals surface area contributed by atoms with E-state index in [4.69, 9.17) is 5.11 Å². The second kappa shape index (κ2) is 6.41. The number of carboxylic acid groups (broad SMARTS) is 1. The number of carbonyl (C=O) groups excluding carboxylic acids is 1. The summed E-state index contributed by atoms with van der Waals surface area (Å²) in [6.45, 7) is 1.12. The van der Waals surface area contributed by atoms with Gasteiger partial charge in [-0.2, -0.15) is 0 Å². The Hall–Kier alpha value is -2.04. The van der Waals surface area contributed by atoms with Gasteiger partial charge in [-0.25, -0.2) is 9.59 Å². The van der Waals surface area contributed by atoms with Crippen molar-refractivity contribution in [3.8, 4) is 0 Å². The third-order valence-corrected chi connectivity index (χ3v) is 3.69. The summed E-state index contributed by atoms with van der Waals surface area (Å²) in [6.07, 6.45) is 2.08. The number of aliphatic carboxylic acids is 1. The van der Waals surface area contributed by atoms with Crippen LogP contribution in [0.2, 0.25) is 0 Å². The average Bonchev–Trinajstić information content (AvgIpc) is 2.94. The van der Waals surface area contributed by atoms with Crippen molar-refractivity contribution >= 4 is 12.0 Å². The first kappa shape index (κ1) is 14.4. The van der Waals surface area contributed by atoms with Crippen LogP contribution in [0.15, 0.2) is 30.3 Å². The number of carbonyl (C=O) groups is 2. The number of benzene rings is 1. The van der Waals surface area contributed by atoms with Gasteiger partial charge in [-0.05, 0) is 24.8 Å². The highest BCUT2D eigenvalue weighted by Crippen LogP contribution is 2.19. The van der Waals surface area contributed by atoms with Crippen molar-refractivity contribution in [1.29, 1.82) is 0 Å². The van der Waals surface area contributed by atoms with E-state index < -0.39 is 12.0 Å². The highest BCUT2D eigenvalue weighted by atomic mass is 16.4. The molecule has 20 heavy (non-hydrogen) atoms. The molecule has 0 radical (unpaired) electrons. The van der Waals surface area contributed by atoms with E-state index in [-0.39, 0.29) is 6.03 Å². The van der Waals surface area contributed by atoms with Gasteiger partial charge < -0.3 is 14.9 Å². The van der Waals surface area contributed by atoms with Crippen LogP contribution in [0.3, 0.4) is 0 Å². The molecule has 0 aromatic heterocycles. The Balaban J connectivity index is 1.90. The molecule has 1 aliphatic heterocycles. The quantitative estimate of drug-likeness (QED) is 0.912. The fourth-order valence-electron chi connectivity index (χ4n) is 2.51.